The van der Waals surface area contributed by atoms with Gasteiger partial charge in [0.15, 0.2) is 5.96 Å². The lowest BCUT2D eigenvalue weighted by molar-refractivity contribution is 0.00701. The smallest absolute Gasteiger partial charge is 0.410 e. The van der Waals surface area contributed by atoms with Crippen molar-refractivity contribution in [2.75, 3.05) is 27.2 Å². The number of guanidine groups is 1. The molecule has 2 N–H and O–H groups in total. The minimum atomic E-state index is -0.476. The van der Waals surface area contributed by atoms with Crippen molar-refractivity contribution >= 4 is 36.0 Å². The third kappa shape index (κ3) is 6.50. The number of ether oxygens (including phenoxy) is 2. The van der Waals surface area contributed by atoms with Crippen molar-refractivity contribution in [2.24, 2.45) is 4.99 Å². The SMILES string of the molecule is CN=C(NCc1cccnc1OC)NC1CN(C(=O)OC(C)(C)C)C1.I. The lowest BCUT2D eigenvalue weighted by Gasteiger charge is -2.40. The first-order valence-corrected chi connectivity index (χ1v) is 8.25. The van der Waals surface area contributed by atoms with E-state index >= 15 is 0 Å². The molecule has 0 bridgehead atoms. The van der Waals surface area contributed by atoms with Gasteiger partial charge >= 0.3 is 6.09 Å². The molecule has 0 aromatic carbocycles. The third-order valence-corrected chi connectivity index (χ3v) is 3.59. The number of likely N-dealkylation sites (tertiary alicyclic amines) is 1. The third-order valence-electron chi connectivity index (χ3n) is 3.59. The van der Waals surface area contributed by atoms with E-state index in [0.29, 0.717) is 31.5 Å². The second kappa shape index (κ2) is 9.79. The van der Waals surface area contributed by atoms with Gasteiger partial charge in [0.1, 0.15) is 5.60 Å². The van der Waals surface area contributed by atoms with E-state index < -0.39 is 5.60 Å². The van der Waals surface area contributed by atoms with E-state index in [1.165, 1.54) is 0 Å². The van der Waals surface area contributed by atoms with E-state index in [1.54, 1.807) is 25.3 Å². The summed E-state index contributed by atoms with van der Waals surface area (Å²) in [6, 6.07) is 3.95. The molecule has 146 valence electrons. The van der Waals surface area contributed by atoms with Gasteiger partial charge in [-0.3, -0.25) is 4.99 Å². The van der Waals surface area contributed by atoms with Crippen molar-refractivity contribution < 1.29 is 14.3 Å². The second-order valence-corrected chi connectivity index (χ2v) is 6.82. The molecule has 1 amide bonds. The van der Waals surface area contributed by atoms with Gasteiger partial charge in [-0.05, 0) is 26.8 Å². The molecule has 26 heavy (non-hydrogen) atoms. The maximum absolute atomic E-state index is 11.9. The number of aromatic nitrogens is 1. The van der Waals surface area contributed by atoms with Crippen LogP contribution in [0.2, 0.25) is 0 Å². The van der Waals surface area contributed by atoms with Gasteiger partial charge in [-0.15, -0.1) is 24.0 Å². The van der Waals surface area contributed by atoms with Crippen molar-refractivity contribution in [3.05, 3.63) is 23.9 Å². The summed E-state index contributed by atoms with van der Waals surface area (Å²) >= 11 is 0. The molecule has 0 unspecified atom stereocenters. The highest BCUT2D eigenvalue weighted by Gasteiger charge is 2.34. The van der Waals surface area contributed by atoms with Crippen LogP contribution in [0.25, 0.3) is 0 Å². The summed E-state index contributed by atoms with van der Waals surface area (Å²) in [6.07, 6.45) is 1.41. The first-order chi connectivity index (χ1) is 11.8. The summed E-state index contributed by atoms with van der Waals surface area (Å²) in [6.45, 7) is 7.30. The van der Waals surface area contributed by atoms with E-state index in [0.717, 1.165) is 5.56 Å². The van der Waals surface area contributed by atoms with Gasteiger partial charge in [0, 0.05) is 38.4 Å². The van der Waals surface area contributed by atoms with Crippen LogP contribution in [0.3, 0.4) is 0 Å². The topological polar surface area (TPSA) is 88.1 Å². The van der Waals surface area contributed by atoms with Crippen molar-refractivity contribution in [1.29, 1.82) is 0 Å². The number of amides is 1. The maximum atomic E-state index is 11.9. The molecule has 0 atom stereocenters. The molecule has 1 aliphatic heterocycles. The number of aliphatic imine (C=N–C) groups is 1. The average Bonchev–Trinajstić information content (AvgIpc) is 2.51. The summed E-state index contributed by atoms with van der Waals surface area (Å²) < 4.78 is 10.6. The number of halogens is 1. The Labute approximate surface area is 171 Å². The predicted octanol–water partition coefficient (Wildman–Crippen LogP) is 1.99. The van der Waals surface area contributed by atoms with Crippen LogP contribution in [0.1, 0.15) is 26.3 Å². The highest BCUT2D eigenvalue weighted by molar-refractivity contribution is 14.0. The number of rotatable bonds is 4. The van der Waals surface area contributed by atoms with Crippen LogP contribution in [-0.4, -0.2) is 60.8 Å². The number of nitrogens with zero attached hydrogens (tertiary/aromatic N) is 3. The van der Waals surface area contributed by atoms with Gasteiger partial charge in [0.05, 0.1) is 13.2 Å². The molecule has 9 heteroatoms. The summed E-state index contributed by atoms with van der Waals surface area (Å²) in [7, 11) is 3.30. The molecule has 0 radical (unpaired) electrons. The van der Waals surface area contributed by atoms with Gasteiger partial charge in [-0.1, -0.05) is 6.07 Å². The number of pyridine rings is 1. The summed E-state index contributed by atoms with van der Waals surface area (Å²) in [5, 5.41) is 6.51. The lowest BCUT2D eigenvalue weighted by Crippen LogP contribution is -2.63. The van der Waals surface area contributed by atoms with Crippen LogP contribution in [0.15, 0.2) is 23.3 Å². The maximum Gasteiger partial charge on any atom is 0.410 e. The molecule has 8 nitrogen and oxygen atoms in total. The molecule has 1 aliphatic rings. The number of carbonyl (C=O) groups excluding carboxylic acids is 1. The monoisotopic (exact) mass is 477 g/mol. The molecule has 2 heterocycles. The highest BCUT2D eigenvalue weighted by atomic mass is 127. The molecule has 1 fully saturated rings. The molecule has 1 aromatic rings. The fourth-order valence-corrected chi connectivity index (χ4v) is 2.35. The zero-order valence-electron chi connectivity index (χ0n) is 15.9. The van der Waals surface area contributed by atoms with E-state index in [1.807, 2.05) is 32.9 Å². The fourth-order valence-electron chi connectivity index (χ4n) is 2.35. The number of carbonyl (C=O) groups is 1. The zero-order chi connectivity index (χ0) is 18.4. The number of hydrogen-bond acceptors (Lipinski definition) is 5. The normalized spacial score (nSPS) is 14.8. The second-order valence-electron chi connectivity index (χ2n) is 6.82. The van der Waals surface area contributed by atoms with Gasteiger partial charge < -0.3 is 25.0 Å². The highest BCUT2D eigenvalue weighted by Crippen LogP contribution is 2.15. The first-order valence-electron chi connectivity index (χ1n) is 8.25. The van der Waals surface area contributed by atoms with E-state index in [9.17, 15) is 4.79 Å². The Bertz CT molecular complexity index is 627. The van der Waals surface area contributed by atoms with Gasteiger partial charge in [-0.2, -0.15) is 0 Å². The van der Waals surface area contributed by atoms with Gasteiger partial charge in [0.25, 0.3) is 0 Å². The van der Waals surface area contributed by atoms with Crippen molar-refractivity contribution in [1.82, 2.24) is 20.5 Å². The minimum absolute atomic E-state index is 0. The van der Waals surface area contributed by atoms with Gasteiger partial charge in [-0.25, -0.2) is 9.78 Å². The van der Waals surface area contributed by atoms with E-state index in [-0.39, 0.29) is 36.1 Å². The summed E-state index contributed by atoms with van der Waals surface area (Å²) in [5.41, 5.74) is 0.465. The Hall–Kier alpha value is -1.78. The molecular formula is C17H28IN5O3. The van der Waals surface area contributed by atoms with Crippen LogP contribution >= 0.6 is 24.0 Å². The van der Waals surface area contributed by atoms with Crippen LogP contribution in [-0.2, 0) is 11.3 Å². The number of nitrogens with one attached hydrogen (secondary N) is 2. The Kier molecular flexibility index (Phi) is 8.38. The fraction of sp³-hybridized carbons (Fsp3) is 0.588. The van der Waals surface area contributed by atoms with Crippen LogP contribution in [0.5, 0.6) is 5.88 Å². The Balaban J connectivity index is 0.00000338. The molecule has 0 aliphatic carbocycles. The molecule has 0 saturated carbocycles. The van der Waals surface area contributed by atoms with Crippen molar-refractivity contribution in [3.8, 4) is 5.88 Å². The zero-order valence-corrected chi connectivity index (χ0v) is 18.2. The molecule has 1 aromatic heterocycles. The molecule has 2 rings (SSSR count). The van der Waals surface area contributed by atoms with E-state index in [2.05, 4.69) is 20.6 Å². The quantitative estimate of drug-likeness (QED) is 0.392. The van der Waals surface area contributed by atoms with E-state index in [4.69, 9.17) is 9.47 Å². The van der Waals surface area contributed by atoms with Crippen molar-refractivity contribution in [2.45, 2.75) is 39.0 Å². The number of hydrogen-bond donors (Lipinski definition) is 2. The molecular weight excluding hydrogens is 449 g/mol. The Morgan fingerprint density at radius 2 is 2.12 bits per heavy atom. The predicted molar refractivity (Wildman–Crippen MR) is 111 cm³/mol. The average molecular weight is 477 g/mol. The first kappa shape index (κ1) is 22.3. The van der Waals surface area contributed by atoms with Gasteiger partial charge in [0.2, 0.25) is 5.88 Å². The largest absolute Gasteiger partial charge is 0.481 e. The standard InChI is InChI=1S/C17H27N5O3.HI/c1-17(2,3)25-16(23)22-10-13(11-22)21-15(18-4)20-9-12-7-6-8-19-14(12)24-5;/h6-8,13H,9-11H2,1-5H3,(H2,18,20,21);1H. The van der Waals surface area contributed by atoms with Crippen LogP contribution in [0, 0.1) is 0 Å². The van der Waals surface area contributed by atoms with Crippen LogP contribution < -0.4 is 15.4 Å². The molecule has 0 spiro atoms. The molecule has 1 saturated heterocycles. The summed E-state index contributed by atoms with van der Waals surface area (Å²) in [5.74, 6) is 1.25. The Morgan fingerprint density at radius 1 is 1.42 bits per heavy atom. The number of methoxy groups -OCH3 is 1. The summed E-state index contributed by atoms with van der Waals surface area (Å²) in [4.78, 5) is 22.0. The Morgan fingerprint density at radius 3 is 2.69 bits per heavy atom. The minimum Gasteiger partial charge on any atom is -0.481 e. The van der Waals surface area contributed by atoms with Crippen LogP contribution in [0.4, 0.5) is 4.79 Å². The lowest BCUT2D eigenvalue weighted by atomic mass is 10.1. The van der Waals surface area contributed by atoms with Crippen molar-refractivity contribution in [3.63, 3.8) is 0 Å².